The van der Waals surface area contributed by atoms with Crippen molar-refractivity contribution in [2.24, 2.45) is 5.92 Å². The Hall–Kier alpha value is -3.35. The van der Waals surface area contributed by atoms with Crippen molar-refractivity contribution in [1.29, 1.82) is 0 Å². The lowest BCUT2D eigenvalue weighted by Gasteiger charge is -2.30. The van der Waals surface area contributed by atoms with Gasteiger partial charge < -0.3 is 20.1 Å². The highest BCUT2D eigenvalue weighted by atomic mass is 16.5. The number of benzene rings is 2. The van der Waals surface area contributed by atoms with Gasteiger partial charge in [-0.1, -0.05) is 62.4 Å². The fraction of sp³-hybridized carbons (Fsp3) is 0.423. The van der Waals surface area contributed by atoms with E-state index in [0.717, 1.165) is 28.7 Å². The van der Waals surface area contributed by atoms with E-state index in [-0.39, 0.29) is 36.8 Å². The molecule has 2 aliphatic rings. The molecule has 0 radical (unpaired) electrons. The molecule has 0 bridgehead atoms. The molecule has 1 aliphatic heterocycles. The fourth-order valence-corrected chi connectivity index (χ4v) is 5.00. The molecule has 7 heteroatoms. The van der Waals surface area contributed by atoms with E-state index < -0.39 is 18.1 Å². The molecule has 1 heterocycles. The predicted octanol–water partition coefficient (Wildman–Crippen LogP) is 4.02. The summed E-state index contributed by atoms with van der Waals surface area (Å²) < 4.78 is 5.61. The maximum absolute atomic E-state index is 13.2. The molecule has 7 nitrogen and oxygen atoms in total. The number of carboxylic acid groups (broad SMARTS) is 1. The van der Waals surface area contributed by atoms with Gasteiger partial charge in [0, 0.05) is 18.5 Å². The molecule has 0 aromatic heterocycles. The number of nitrogens with one attached hydrogen (secondary N) is 1. The van der Waals surface area contributed by atoms with Crippen LogP contribution in [0.3, 0.4) is 0 Å². The first-order valence-electron chi connectivity index (χ1n) is 11.5. The van der Waals surface area contributed by atoms with Gasteiger partial charge in [-0.15, -0.1) is 0 Å². The molecule has 1 aliphatic carbocycles. The number of nitrogens with zero attached hydrogens (tertiary/aromatic N) is 1. The Balaban J connectivity index is 1.42. The number of aliphatic carboxylic acids is 1. The summed E-state index contributed by atoms with van der Waals surface area (Å²) in [6, 6.07) is 15.1. The number of hydrogen-bond acceptors (Lipinski definition) is 4. The second-order valence-corrected chi connectivity index (χ2v) is 9.12. The zero-order valence-electron chi connectivity index (χ0n) is 19.0. The number of hydrogen-bond donors (Lipinski definition) is 2. The third-order valence-corrected chi connectivity index (χ3v) is 6.62. The van der Waals surface area contributed by atoms with Gasteiger partial charge in [-0.25, -0.2) is 4.79 Å². The minimum atomic E-state index is -0.926. The normalized spacial score (nSPS) is 18.0. The predicted molar refractivity (Wildman–Crippen MR) is 124 cm³/mol. The largest absolute Gasteiger partial charge is 0.481 e. The van der Waals surface area contributed by atoms with Crippen LogP contribution in [0.15, 0.2) is 48.5 Å². The van der Waals surface area contributed by atoms with Gasteiger partial charge in [-0.2, -0.15) is 0 Å². The molecule has 0 saturated carbocycles. The first kappa shape index (κ1) is 22.8. The molecule has 1 unspecified atom stereocenters. The van der Waals surface area contributed by atoms with Crippen LogP contribution in [0.5, 0.6) is 0 Å². The summed E-state index contributed by atoms with van der Waals surface area (Å²) in [5, 5.41) is 11.9. The average Bonchev–Trinajstić information content (AvgIpc) is 3.37. The maximum Gasteiger partial charge on any atom is 0.407 e. The molecule has 2 aromatic carbocycles. The van der Waals surface area contributed by atoms with Crippen LogP contribution < -0.4 is 5.32 Å². The highest BCUT2D eigenvalue weighted by molar-refractivity contribution is 5.87. The van der Waals surface area contributed by atoms with Crippen LogP contribution in [0, 0.1) is 5.92 Å². The molecule has 1 saturated heterocycles. The highest BCUT2D eigenvalue weighted by Gasteiger charge is 2.37. The smallest absolute Gasteiger partial charge is 0.407 e. The summed E-state index contributed by atoms with van der Waals surface area (Å²) in [6.45, 7) is 4.39. The number of carbonyl (C=O) groups excluding carboxylic acids is 2. The quantitative estimate of drug-likeness (QED) is 0.664. The molecule has 4 rings (SSSR count). The highest BCUT2D eigenvalue weighted by Crippen LogP contribution is 2.44. The van der Waals surface area contributed by atoms with Gasteiger partial charge in [0.25, 0.3) is 0 Å². The molecule has 0 spiro atoms. The first-order valence-corrected chi connectivity index (χ1v) is 11.5. The van der Waals surface area contributed by atoms with Crippen molar-refractivity contribution in [2.45, 2.75) is 51.1 Å². The Morgan fingerprint density at radius 1 is 1.06 bits per heavy atom. The van der Waals surface area contributed by atoms with Crippen LogP contribution in [-0.2, 0) is 14.3 Å². The van der Waals surface area contributed by atoms with E-state index in [0.29, 0.717) is 13.0 Å². The number of likely N-dealkylation sites (tertiary alicyclic amines) is 1. The summed E-state index contributed by atoms with van der Waals surface area (Å²) in [7, 11) is 0. The molecule has 2 aromatic rings. The van der Waals surface area contributed by atoms with E-state index in [9.17, 15) is 14.4 Å². The van der Waals surface area contributed by atoms with Crippen LogP contribution >= 0.6 is 0 Å². The van der Waals surface area contributed by atoms with E-state index in [1.165, 1.54) is 0 Å². The van der Waals surface area contributed by atoms with Gasteiger partial charge in [-0.05, 0) is 41.0 Å². The number of carboxylic acids is 1. The number of alkyl carbamates (subject to hydrolysis) is 1. The summed E-state index contributed by atoms with van der Waals surface area (Å²) >= 11 is 0. The molecule has 174 valence electrons. The summed E-state index contributed by atoms with van der Waals surface area (Å²) in [4.78, 5) is 38.6. The van der Waals surface area contributed by atoms with Crippen LogP contribution in [0.25, 0.3) is 11.1 Å². The lowest BCUT2D eigenvalue weighted by molar-refractivity contribution is -0.140. The van der Waals surface area contributed by atoms with Crippen molar-refractivity contribution in [3.8, 4) is 11.1 Å². The molecular formula is C26H30N2O5. The number of rotatable bonds is 7. The first-order chi connectivity index (χ1) is 15.9. The summed E-state index contributed by atoms with van der Waals surface area (Å²) in [5.74, 6) is -1.40. The Morgan fingerprint density at radius 2 is 1.67 bits per heavy atom. The van der Waals surface area contributed by atoms with Crippen LogP contribution in [-0.4, -0.2) is 53.2 Å². The van der Waals surface area contributed by atoms with Crippen molar-refractivity contribution in [3.05, 3.63) is 59.7 Å². The van der Waals surface area contributed by atoms with Gasteiger partial charge in [0.15, 0.2) is 0 Å². The van der Waals surface area contributed by atoms with E-state index in [1.54, 1.807) is 4.90 Å². The molecule has 2 amide bonds. The molecule has 2 N–H and O–H groups in total. The van der Waals surface area contributed by atoms with Gasteiger partial charge >= 0.3 is 12.1 Å². The number of ether oxygens (including phenoxy) is 1. The van der Waals surface area contributed by atoms with Crippen LogP contribution in [0.2, 0.25) is 0 Å². The van der Waals surface area contributed by atoms with E-state index in [2.05, 4.69) is 29.6 Å². The second-order valence-electron chi connectivity index (χ2n) is 9.12. The molecule has 33 heavy (non-hydrogen) atoms. The van der Waals surface area contributed by atoms with Crippen molar-refractivity contribution < 1.29 is 24.2 Å². The zero-order valence-corrected chi connectivity index (χ0v) is 19.0. The van der Waals surface area contributed by atoms with Gasteiger partial charge in [-0.3, -0.25) is 9.59 Å². The molecular weight excluding hydrogens is 420 g/mol. The zero-order chi connectivity index (χ0) is 23.5. The van der Waals surface area contributed by atoms with Gasteiger partial charge in [0.1, 0.15) is 12.6 Å². The van der Waals surface area contributed by atoms with E-state index in [4.69, 9.17) is 9.84 Å². The minimum absolute atomic E-state index is 0.0603. The summed E-state index contributed by atoms with van der Waals surface area (Å²) in [6.07, 6.45) is 0.701. The SMILES string of the molecule is CC(C)C(NC(=O)OCC1c2ccccc2-c2ccccc21)C(=O)N1CCC[C@@H]1CC(=O)O. The maximum atomic E-state index is 13.2. The third kappa shape index (κ3) is 4.72. The van der Waals surface area contributed by atoms with Crippen LogP contribution in [0.4, 0.5) is 4.79 Å². The van der Waals surface area contributed by atoms with Crippen molar-refractivity contribution in [3.63, 3.8) is 0 Å². The third-order valence-electron chi connectivity index (χ3n) is 6.62. The number of amides is 2. The topological polar surface area (TPSA) is 95.9 Å². The average molecular weight is 451 g/mol. The van der Waals surface area contributed by atoms with Gasteiger partial charge in [0.2, 0.25) is 5.91 Å². The van der Waals surface area contributed by atoms with Crippen molar-refractivity contribution >= 4 is 18.0 Å². The lowest BCUT2D eigenvalue weighted by Crippen LogP contribution is -2.52. The minimum Gasteiger partial charge on any atom is -0.481 e. The Bertz CT molecular complexity index is 1000. The van der Waals surface area contributed by atoms with E-state index in [1.807, 2.05) is 38.1 Å². The fourth-order valence-electron chi connectivity index (χ4n) is 5.00. The number of fused-ring (bicyclic) bond motifs is 3. The Kier molecular flexibility index (Phi) is 6.67. The number of carbonyl (C=O) groups is 3. The Morgan fingerprint density at radius 3 is 2.24 bits per heavy atom. The summed E-state index contributed by atoms with van der Waals surface area (Å²) in [5.41, 5.74) is 4.54. The second kappa shape index (κ2) is 9.65. The van der Waals surface area contributed by atoms with Crippen molar-refractivity contribution in [1.82, 2.24) is 10.2 Å². The standard InChI is InChI=1S/C26H30N2O5/c1-16(2)24(25(31)28-13-7-8-17(28)14-23(29)30)27-26(32)33-15-22-20-11-5-3-9-18(20)19-10-4-6-12-21(19)22/h3-6,9-12,16-17,22,24H,7-8,13-15H2,1-2H3,(H,27,32)(H,29,30)/t17-,24?/m1/s1. The van der Waals surface area contributed by atoms with Crippen LogP contribution in [0.1, 0.15) is 50.2 Å². The molecule has 2 atom stereocenters. The Labute approximate surface area is 193 Å². The van der Waals surface area contributed by atoms with Crippen molar-refractivity contribution in [2.75, 3.05) is 13.2 Å². The van der Waals surface area contributed by atoms with E-state index >= 15 is 0 Å². The molecule has 1 fully saturated rings. The van der Waals surface area contributed by atoms with Gasteiger partial charge in [0.05, 0.1) is 6.42 Å². The lowest BCUT2D eigenvalue weighted by atomic mass is 9.98. The monoisotopic (exact) mass is 450 g/mol.